The van der Waals surface area contributed by atoms with E-state index < -0.39 is 0 Å². The highest BCUT2D eigenvalue weighted by Crippen LogP contribution is 1.98. The summed E-state index contributed by atoms with van der Waals surface area (Å²) in [7, 11) is 0. The van der Waals surface area contributed by atoms with E-state index in [-0.39, 0.29) is 18.5 Å². The van der Waals surface area contributed by atoms with Crippen LogP contribution in [0.15, 0.2) is 12.5 Å². The third-order valence-electron chi connectivity index (χ3n) is 2.33. The van der Waals surface area contributed by atoms with E-state index in [4.69, 9.17) is 5.73 Å². The number of aromatic nitrogens is 2. The van der Waals surface area contributed by atoms with Gasteiger partial charge in [0.1, 0.15) is 12.4 Å². The molecule has 84 valence electrons. The lowest BCUT2D eigenvalue weighted by Gasteiger charge is -2.14. The Kier molecular flexibility index (Phi) is 4.15. The van der Waals surface area contributed by atoms with Crippen LogP contribution in [0.3, 0.4) is 0 Å². The maximum absolute atomic E-state index is 11.5. The Balaban J connectivity index is 2.42. The van der Waals surface area contributed by atoms with Crippen molar-refractivity contribution in [1.29, 1.82) is 0 Å². The first-order valence-electron chi connectivity index (χ1n) is 5.22. The number of amides is 1. The lowest BCUT2D eigenvalue weighted by atomic mass is 10.2. The van der Waals surface area contributed by atoms with Crippen molar-refractivity contribution in [3.63, 3.8) is 0 Å². The summed E-state index contributed by atoms with van der Waals surface area (Å²) >= 11 is 0. The highest BCUT2D eigenvalue weighted by atomic mass is 16.2. The van der Waals surface area contributed by atoms with Gasteiger partial charge in [-0.25, -0.2) is 4.98 Å². The highest BCUT2D eigenvalue weighted by molar-refractivity contribution is 5.76. The van der Waals surface area contributed by atoms with Crippen LogP contribution in [0.25, 0.3) is 0 Å². The van der Waals surface area contributed by atoms with Gasteiger partial charge in [0.05, 0.1) is 6.33 Å². The maximum atomic E-state index is 11.5. The number of carbonyl (C=O) groups is 1. The molecule has 0 aliphatic heterocycles. The number of nitrogens with zero attached hydrogens (tertiary/aromatic N) is 2. The van der Waals surface area contributed by atoms with E-state index in [1.54, 1.807) is 17.1 Å². The lowest BCUT2D eigenvalue weighted by molar-refractivity contribution is -0.122. The van der Waals surface area contributed by atoms with Crippen LogP contribution in [-0.2, 0) is 11.3 Å². The van der Waals surface area contributed by atoms with Gasteiger partial charge in [-0.05, 0) is 12.8 Å². The molecule has 1 rings (SSSR count). The number of anilines is 1. The van der Waals surface area contributed by atoms with Crippen molar-refractivity contribution in [2.45, 2.75) is 39.3 Å². The van der Waals surface area contributed by atoms with E-state index in [2.05, 4.69) is 24.1 Å². The van der Waals surface area contributed by atoms with E-state index in [1.807, 2.05) is 0 Å². The van der Waals surface area contributed by atoms with Crippen molar-refractivity contribution in [3.8, 4) is 0 Å². The van der Waals surface area contributed by atoms with Gasteiger partial charge in [0.15, 0.2) is 0 Å². The van der Waals surface area contributed by atoms with Crippen molar-refractivity contribution in [2.75, 3.05) is 5.73 Å². The van der Waals surface area contributed by atoms with Crippen LogP contribution in [0, 0.1) is 0 Å². The average Bonchev–Trinajstić information content (AvgIpc) is 2.60. The molecule has 1 aromatic heterocycles. The minimum Gasteiger partial charge on any atom is -0.382 e. The Bertz CT molecular complexity index is 317. The Morgan fingerprint density at radius 2 is 2.27 bits per heavy atom. The fourth-order valence-corrected chi connectivity index (χ4v) is 1.40. The van der Waals surface area contributed by atoms with Crippen molar-refractivity contribution < 1.29 is 4.79 Å². The molecule has 0 fully saturated rings. The zero-order chi connectivity index (χ0) is 11.3. The van der Waals surface area contributed by atoms with Crippen molar-refractivity contribution >= 4 is 11.7 Å². The molecule has 0 aliphatic rings. The summed E-state index contributed by atoms with van der Waals surface area (Å²) in [6.45, 7) is 4.40. The van der Waals surface area contributed by atoms with Gasteiger partial charge in [0.25, 0.3) is 0 Å². The molecule has 1 aromatic rings. The predicted octanol–water partition coefficient (Wildman–Crippen LogP) is 0.770. The zero-order valence-corrected chi connectivity index (χ0v) is 9.23. The second kappa shape index (κ2) is 5.38. The molecule has 0 atom stereocenters. The number of nitrogen functional groups attached to an aromatic ring is 1. The van der Waals surface area contributed by atoms with E-state index in [0.29, 0.717) is 5.82 Å². The average molecular weight is 210 g/mol. The van der Waals surface area contributed by atoms with Gasteiger partial charge in [-0.3, -0.25) is 4.79 Å². The summed E-state index contributed by atoms with van der Waals surface area (Å²) in [5.74, 6) is 0.437. The second-order valence-corrected chi connectivity index (χ2v) is 3.55. The van der Waals surface area contributed by atoms with Crippen LogP contribution in [-0.4, -0.2) is 21.5 Å². The van der Waals surface area contributed by atoms with E-state index in [0.717, 1.165) is 12.8 Å². The fourth-order valence-electron chi connectivity index (χ4n) is 1.40. The van der Waals surface area contributed by atoms with Crippen molar-refractivity contribution in [2.24, 2.45) is 0 Å². The van der Waals surface area contributed by atoms with E-state index in [1.165, 1.54) is 0 Å². The molecule has 0 saturated heterocycles. The van der Waals surface area contributed by atoms with Crippen molar-refractivity contribution in [1.82, 2.24) is 14.9 Å². The highest BCUT2D eigenvalue weighted by Gasteiger charge is 2.08. The Morgan fingerprint density at radius 3 is 2.73 bits per heavy atom. The molecule has 3 N–H and O–H groups in total. The van der Waals surface area contributed by atoms with Gasteiger partial charge in [-0.2, -0.15) is 0 Å². The van der Waals surface area contributed by atoms with Gasteiger partial charge < -0.3 is 15.6 Å². The maximum Gasteiger partial charge on any atom is 0.240 e. The molecule has 5 heteroatoms. The minimum atomic E-state index is 0.00102. The number of nitrogens with two attached hydrogens (primary N) is 1. The molecule has 0 radical (unpaired) electrons. The minimum absolute atomic E-state index is 0.00102. The van der Waals surface area contributed by atoms with Crippen LogP contribution in [0.5, 0.6) is 0 Å². The fraction of sp³-hybridized carbons (Fsp3) is 0.600. The summed E-state index contributed by atoms with van der Waals surface area (Å²) < 4.78 is 1.67. The molecule has 0 saturated carbocycles. The van der Waals surface area contributed by atoms with E-state index >= 15 is 0 Å². The number of rotatable bonds is 5. The molecule has 0 aromatic carbocycles. The summed E-state index contributed by atoms with van der Waals surface area (Å²) in [5.41, 5.74) is 5.44. The Labute approximate surface area is 89.7 Å². The van der Waals surface area contributed by atoms with Gasteiger partial charge in [-0.15, -0.1) is 0 Å². The van der Waals surface area contributed by atoms with Crippen LogP contribution in [0.2, 0.25) is 0 Å². The zero-order valence-electron chi connectivity index (χ0n) is 9.23. The number of imidazole rings is 1. The summed E-state index contributed by atoms with van der Waals surface area (Å²) in [5, 5.41) is 2.95. The number of hydrogen-bond donors (Lipinski definition) is 2. The lowest BCUT2D eigenvalue weighted by Crippen LogP contribution is -2.35. The summed E-state index contributed by atoms with van der Waals surface area (Å²) in [4.78, 5) is 15.4. The molecule has 1 amide bonds. The molecule has 0 unspecified atom stereocenters. The monoisotopic (exact) mass is 210 g/mol. The van der Waals surface area contributed by atoms with Crippen LogP contribution >= 0.6 is 0 Å². The Morgan fingerprint density at radius 1 is 1.60 bits per heavy atom. The summed E-state index contributed by atoms with van der Waals surface area (Å²) in [6, 6.07) is 0.262. The first-order valence-corrected chi connectivity index (χ1v) is 5.22. The van der Waals surface area contributed by atoms with Crippen LogP contribution < -0.4 is 11.1 Å². The molecule has 0 aliphatic carbocycles. The quantitative estimate of drug-likeness (QED) is 0.754. The predicted molar refractivity (Wildman–Crippen MR) is 59.2 cm³/mol. The van der Waals surface area contributed by atoms with Gasteiger partial charge in [0, 0.05) is 12.2 Å². The van der Waals surface area contributed by atoms with Crippen LogP contribution in [0.4, 0.5) is 5.82 Å². The van der Waals surface area contributed by atoms with Gasteiger partial charge >= 0.3 is 0 Å². The molecule has 0 spiro atoms. The normalized spacial score (nSPS) is 10.6. The molecule has 15 heavy (non-hydrogen) atoms. The van der Waals surface area contributed by atoms with Gasteiger partial charge in [0.2, 0.25) is 5.91 Å². The third-order valence-corrected chi connectivity index (χ3v) is 2.33. The SMILES string of the molecule is CCC(CC)NC(=O)Cn1cnc(N)c1. The largest absolute Gasteiger partial charge is 0.382 e. The van der Waals surface area contributed by atoms with Crippen LogP contribution in [0.1, 0.15) is 26.7 Å². The molecule has 5 nitrogen and oxygen atoms in total. The standard InChI is InChI=1S/C10H18N4O/c1-3-8(4-2)13-10(15)6-14-5-9(11)12-7-14/h5,7-8H,3-4,6,11H2,1-2H3,(H,13,15). The summed E-state index contributed by atoms with van der Waals surface area (Å²) in [6.07, 6.45) is 5.11. The van der Waals surface area contributed by atoms with E-state index in [9.17, 15) is 4.79 Å². The third kappa shape index (κ3) is 3.61. The van der Waals surface area contributed by atoms with Gasteiger partial charge in [-0.1, -0.05) is 13.8 Å². The smallest absolute Gasteiger partial charge is 0.240 e. The first kappa shape index (κ1) is 11.6. The van der Waals surface area contributed by atoms with Crippen molar-refractivity contribution in [3.05, 3.63) is 12.5 Å². The topological polar surface area (TPSA) is 72.9 Å². The Hall–Kier alpha value is -1.52. The second-order valence-electron chi connectivity index (χ2n) is 3.55. The first-order chi connectivity index (χ1) is 7.15. The number of hydrogen-bond acceptors (Lipinski definition) is 3. The number of carbonyl (C=O) groups excluding carboxylic acids is 1. The number of nitrogens with one attached hydrogen (secondary N) is 1. The molecular formula is C10H18N4O. The molecule has 1 heterocycles. The molecule has 0 bridgehead atoms. The molecular weight excluding hydrogens is 192 g/mol.